The molecule has 0 saturated heterocycles. The van der Waals surface area contributed by atoms with E-state index >= 15 is 0 Å². The summed E-state index contributed by atoms with van der Waals surface area (Å²) in [5.74, 6) is -3.71. The molecule has 0 fully saturated rings. The van der Waals surface area contributed by atoms with E-state index in [2.05, 4.69) is 73.7 Å². The van der Waals surface area contributed by atoms with E-state index in [1.165, 1.54) is 5.56 Å². The minimum Gasteiger partial charge on any atom is -0.507 e. The van der Waals surface area contributed by atoms with Crippen molar-refractivity contribution < 1.29 is 31.7 Å². The van der Waals surface area contributed by atoms with Gasteiger partial charge in [-0.3, -0.25) is 9.55 Å². The van der Waals surface area contributed by atoms with Crippen LogP contribution in [-0.2, 0) is 21.1 Å². The van der Waals surface area contributed by atoms with E-state index in [4.69, 9.17) is 15.5 Å². The zero-order valence-corrected chi connectivity index (χ0v) is 41.4. The molecule has 0 aliphatic heterocycles. The third kappa shape index (κ3) is 8.97. The molecule has 0 aliphatic rings. The molecule has 334 valence electrons. The van der Waals surface area contributed by atoms with Crippen molar-refractivity contribution >= 4 is 11.0 Å². The maximum atomic E-state index is 12.3. The Labute approximate surface area is 411 Å². The third-order valence-electron chi connectivity index (χ3n) is 12.4. The van der Waals surface area contributed by atoms with Crippen LogP contribution in [0.4, 0.5) is 0 Å². The van der Waals surface area contributed by atoms with Crippen LogP contribution in [-0.4, -0.2) is 19.6 Å². The summed E-state index contributed by atoms with van der Waals surface area (Å²) < 4.78 is 38.6. The Balaban J connectivity index is 0.00000659. The molecular weight excluding hydrogens is 986 g/mol. The molecule has 0 unspecified atom stereocenters. The van der Waals surface area contributed by atoms with E-state index in [1.807, 2.05) is 137 Å². The summed E-state index contributed by atoms with van der Waals surface area (Å²) in [4.78, 5) is 10.4. The Bertz CT molecular complexity index is 3340. The van der Waals surface area contributed by atoms with Gasteiger partial charge < -0.3 is 5.11 Å². The molecule has 5 heteroatoms. The molecule has 0 saturated carbocycles. The number of aromatic nitrogens is 3. The zero-order valence-electron chi connectivity index (χ0n) is 43.1. The van der Waals surface area contributed by atoms with Crippen molar-refractivity contribution in [3.63, 3.8) is 0 Å². The Kier molecular flexibility index (Phi) is 12.0. The molecule has 1 N–H and O–H groups in total. The zero-order chi connectivity index (χ0) is 49.2. The van der Waals surface area contributed by atoms with Gasteiger partial charge in [0.1, 0.15) is 11.6 Å². The van der Waals surface area contributed by atoms with E-state index in [-0.39, 0.29) is 26.8 Å². The average Bonchev–Trinajstić information content (AvgIpc) is 3.70. The van der Waals surface area contributed by atoms with Crippen molar-refractivity contribution in [3.8, 4) is 78.6 Å². The largest absolute Gasteiger partial charge is 0.507 e. The summed E-state index contributed by atoms with van der Waals surface area (Å²) in [6.45, 7) is 16.7. The number of nitrogens with zero attached hydrogens (tertiary/aromatic N) is 3. The molecule has 0 bridgehead atoms. The second-order valence-electron chi connectivity index (χ2n) is 18.0. The van der Waals surface area contributed by atoms with Crippen LogP contribution in [0.15, 0.2) is 158 Å². The monoisotopic (exact) mass is 1050 g/mol. The summed E-state index contributed by atoms with van der Waals surface area (Å²) in [5, 5.41) is 12.3. The average molecular weight is 1050 g/mol. The number of hydrogen-bond acceptors (Lipinski definition) is 3. The molecule has 0 atom stereocenters. The second kappa shape index (κ2) is 19.2. The van der Waals surface area contributed by atoms with Gasteiger partial charge in [0.05, 0.1) is 16.6 Å². The van der Waals surface area contributed by atoms with Crippen molar-refractivity contribution in [1.82, 2.24) is 14.5 Å². The van der Waals surface area contributed by atoms with Crippen molar-refractivity contribution in [2.75, 3.05) is 0 Å². The van der Waals surface area contributed by atoms with E-state index in [0.29, 0.717) is 28.0 Å². The molecule has 0 spiro atoms. The van der Waals surface area contributed by atoms with Gasteiger partial charge in [-0.05, 0) is 111 Å². The van der Waals surface area contributed by atoms with Gasteiger partial charge in [-0.25, -0.2) is 4.98 Å². The smallest absolute Gasteiger partial charge is 0.148 e. The van der Waals surface area contributed by atoms with Crippen molar-refractivity contribution in [1.29, 1.82) is 0 Å². The molecule has 7 aromatic carbocycles. The summed E-state index contributed by atoms with van der Waals surface area (Å²) >= 11 is 0. The molecule has 0 amide bonds. The van der Waals surface area contributed by atoms with Gasteiger partial charge in [-0.15, -0.1) is 23.8 Å². The van der Waals surface area contributed by atoms with E-state index < -0.39 is 23.6 Å². The molecule has 9 aromatic rings. The number of aromatic hydroxyl groups is 1. The fourth-order valence-electron chi connectivity index (χ4n) is 8.86. The number of pyridine rings is 1. The molecule has 0 radical (unpaired) electrons. The van der Waals surface area contributed by atoms with E-state index in [1.54, 1.807) is 19.9 Å². The van der Waals surface area contributed by atoms with Crippen LogP contribution >= 0.6 is 0 Å². The number of benzene rings is 7. The topological polar surface area (TPSA) is 50.9 Å². The van der Waals surface area contributed by atoms with Gasteiger partial charge in [0.2, 0.25) is 0 Å². The molecule has 2 aromatic heterocycles. The molecule has 66 heavy (non-hydrogen) atoms. The summed E-state index contributed by atoms with van der Waals surface area (Å²) in [6, 6.07) is 54.7. The maximum Gasteiger partial charge on any atom is 0.148 e. The minimum absolute atomic E-state index is 0. The van der Waals surface area contributed by atoms with Crippen molar-refractivity contribution in [2.24, 2.45) is 0 Å². The predicted molar refractivity (Wildman–Crippen MR) is 273 cm³/mol. The number of imidazole rings is 1. The molecule has 9 rings (SSSR count). The SMILES string of the molecule is [2H]C(C)(C)c1cc(-c2nc3c(-c4[c-]c(-c5cc(-c6ccc(C)cc6)ccn5)cc(-c5ccccc5)c4)cccc3n2-c2ccc(-c3c(C([2H])(C)C)cccc3C([2H])(C)C)cc2)c(O)c(C([2H])(C)C)c1.[Pt]. The first-order valence-electron chi connectivity index (χ1n) is 24.4. The van der Waals surface area contributed by atoms with E-state index in [0.717, 1.165) is 78.1 Å². The van der Waals surface area contributed by atoms with Gasteiger partial charge in [0, 0.05) is 44.1 Å². The normalized spacial score (nSPS) is 13.1. The number of phenols is 1. The summed E-state index contributed by atoms with van der Waals surface area (Å²) in [7, 11) is 0. The predicted octanol–water partition coefficient (Wildman–Crippen LogP) is 16.7. The third-order valence-corrected chi connectivity index (χ3v) is 12.4. The fraction of sp³-hybridized carbons (Fsp3) is 0.213. The fourth-order valence-corrected chi connectivity index (χ4v) is 8.86. The van der Waals surface area contributed by atoms with E-state index in [9.17, 15) is 5.11 Å². The van der Waals surface area contributed by atoms with Gasteiger partial charge >= 0.3 is 0 Å². The van der Waals surface area contributed by atoms with Crippen LogP contribution in [0.3, 0.4) is 0 Å². The van der Waals surface area contributed by atoms with Gasteiger partial charge in [0.25, 0.3) is 0 Å². The number of rotatable bonds is 11. The standard InChI is InChI=1S/C61H58N3O.Pt/c1-37(2)46-34-54(40(7)8)60(65)55(35-46)61-63-59-53(19-14-20-57(59)64(61)50-27-25-44(26-28-50)58-51(38(3)4)17-13-18-52(58)39(5)6)48-31-47(42-15-11-10-12-16-42)32-49(33-48)56-36-45(29-30-62-56)43-23-21-41(9)22-24-43;/h10-32,34-40,65H,1-9H3;/q-1;/i37D,38D,39D,40D;. The number of fused-ring (bicyclic) bond motifs is 1. The van der Waals surface area contributed by atoms with Crippen molar-refractivity contribution in [3.05, 3.63) is 192 Å². The van der Waals surface area contributed by atoms with Crippen LogP contribution in [0.25, 0.3) is 83.9 Å². The summed E-state index contributed by atoms with van der Waals surface area (Å²) in [5.41, 5.74) is 15.7. The van der Waals surface area contributed by atoms with Gasteiger partial charge in [-0.1, -0.05) is 187 Å². The van der Waals surface area contributed by atoms with Crippen molar-refractivity contribution in [2.45, 2.75) is 85.9 Å². The first kappa shape index (κ1) is 41.1. The first-order valence-corrected chi connectivity index (χ1v) is 22.4. The first-order chi connectivity index (χ1) is 32.6. The van der Waals surface area contributed by atoms with Crippen LogP contribution in [0.5, 0.6) is 5.75 Å². The maximum absolute atomic E-state index is 12.3. The number of hydrogen-bond donors (Lipinski definition) is 1. The molecule has 2 heterocycles. The summed E-state index contributed by atoms with van der Waals surface area (Å²) in [6.07, 6.45) is 1.85. The Morgan fingerprint density at radius 1 is 0.545 bits per heavy atom. The molecule has 0 aliphatic carbocycles. The number of aryl methyl sites for hydroxylation is 1. The minimum atomic E-state index is -1.19. The Morgan fingerprint density at radius 2 is 1.17 bits per heavy atom. The van der Waals surface area contributed by atoms with Crippen LogP contribution < -0.4 is 0 Å². The van der Waals surface area contributed by atoms with Gasteiger partial charge in [-0.2, -0.15) is 0 Å². The molecule has 4 nitrogen and oxygen atoms in total. The number of phenolic OH excluding ortho intramolecular Hbond substituents is 1. The van der Waals surface area contributed by atoms with Crippen LogP contribution in [0, 0.1) is 13.0 Å². The Morgan fingerprint density at radius 3 is 1.82 bits per heavy atom. The van der Waals surface area contributed by atoms with Gasteiger partial charge in [0.15, 0.2) is 0 Å². The Hall–Kier alpha value is -6.35. The van der Waals surface area contributed by atoms with Crippen LogP contribution in [0.2, 0.25) is 0 Å². The van der Waals surface area contributed by atoms with Crippen LogP contribution in [0.1, 0.15) is 112 Å². The molecular formula is C61H58N3OPt-. The quantitative estimate of drug-likeness (QED) is 0.131. The number of para-hydroxylation sites is 1. The second-order valence-corrected chi connectivity index (χ2v) is 18.0.